The van der Waals surface area contributed by atoms with Gasteiger partial charge in [0, 0.05) is 34.3 Å². The van der Waals surface area contributed by atoms with Gasteiger partial charge < -0.3 is 10.3 Å². The number of hydrogen-bond donors (Lipinski definition) is 2. The van der Waals surface area contributed by atoms with Gasteiger partial charge in [-0.05, 0) is 40.2 Å². The van der Waals surface area contributed by atoms with Crippen LogP contribution in [0.1, 0.15) is 24.3 Å². The Morgan fingerprint density at radius 3 is 2.71 bits per heavy atom. The molecule has 0 unspecified atom stereocenters. The molecule has 4 rings (SSSR count). The van der Waals surface area contributed by atoms with Crippen LogP contribution in [-0.2, 0) is 0 Å². The molecule has 0 aliphatic rings. The first kappa shape index (κ1) is 19.9. The average Bonchev–Trinajstić information content (AvgIpc) is 3.14. The molecular weight excluding hydrogens is 444 g/mol. The van der Waals surface area contributed by atoms with Crippen LogP contribution in [0.4, 0.5) is 5.69 Å². The third kappa shape index (κ3) is 4.35. The van der Waals surface area contributed by atoms with Crippen molar-refractivity contribution in [2.24, 2.45) is 0 Å². The summed E-state index contributed by atoms with van der Waals surface area (Å²) in [5, 5.41) is 3.27. The van der Waals surface area contributed by atoms with E-state index in [-0.39, 0.29) is 11.6 Å². The zero-order valence-electron chi connectivity index (χ0n) is 15.1. The highest BCUT2D eigenvalue weighted by Gasteiger charge is 2.13. The number of benzene rings is 1. The first-order chi connectivity index (χ1) is 13.6. The van der Waals surface area contributed by atoms with Gasteiger partial charge in [-0.1, -0.05) is 25.4 Å². The van der Waals surface area contributed by atoms with Crippen molar-refractivity contribution in [2.75, 3.05) is 5.32 Å². The predicted octanol–water partition coefficient (Wildman–Crippen LogP) is 5.11. The third-order valence-corrected chi connectivity index (χ3v) is 4.34. The highest BCUT2D eigenvalue weighted by Crippen LogP contribution is 2.30. The van der Waals surface area contributed by atoms with Crippen molar-refractivity contribution >= 4 is 50.3 Å². The number of imidazole rings is 1. The number of rotatable bonds is 3. The Hall–Kier alpha value is -2.84. The van der Waals surface area contributed by atoms with Gasteiger partial charge in [-0.15, -0.1) is 0 Å². The molecule has 7 nitrogen and oxygen atoms in total. The number of aromatic amines is 1. The molecule has 3 heterocycles. The predicted molar refractivity (Wildman–Crippen MR) is 113 cm³/mol. The van der Waals surface area contributed by atoms with Crippen LogP contribution in [-0.4, -0.2) is 30.8 Å². The molecule has 0 aliphatic carbocycles. The van der Waals surface area contributed by atoms with E-state index >= 15 is 0 Å². The maximum Gasteiger partial charge on any atom is 0.275 e. The fraction of sp³-hybridized carbons (Fsp3) is 0.105. The van der Waals surface area contributed by atoms with E-state index in [2.05, 4.69) is 46.2 Å². The van der Waals surface area contributed by atoms with Crippen LogP contribution in [0, 0.1) is 0 Å². The second kappa shape index (κ2) is 8.90. The second-order valence-electron chi connectivity index (χ2n) is 5.35. The molecule has 28 heavy (non-hydrogen) atoms. The van der Waals surface area contributed by atoms with Crippen molar-refractivity contribution in [1.29, 1.82) is 0 Å². The summed E-state index contributed by atoms with van der Waals surface area (Å²) in [4.78, 5) is 32.0. The lowest BCUT2D eigenvalue weighted by molar-refractivity contribution is 0.102. The molecule has 1 aromatic carbocycles. The summed E-state index contributed by atoms with van der Waals surface area (Å²) >= 11 is 9.70. The molecule has 1 amide bonds. The van der Waals surface area contributed by atoms with Gasteiger partial charge in [0.25, 0.3) is 5.91 Å². The summed E-state index contributed by atoms with van der Waals surface area (Å²) in [7, 11) is 0. The molecule has 0 fully saturated rings. The van der Waals surface area contributed by atoms with E-state index in [1.807, 2.05) is 19.9 Å². The number of nitrogens with zero attached hydrogens (tertiary/aromatic N) is 4. The molecule has 0 saturated carbocycles. The summed E-state index contributed by atoms with van der Waals surface area (Å²) in [5.74, 6) is 0.202. The van der Waals surface area contributed by atoms with E-state index in [0.717, 1.165) is 9.99 Å². The molecule has 2 N–H and O–H groups in total. The SMILES string of the molecule is CC.O=C(Nc1ccc(Cl)c(-c2nc3ncc(Br)cc3[nH]2)c1)c1cnccn1. The number of anilines is 1. The molecule has 3 aromatic heterocycles. The van der Waals surface area contributed by atoms with E-state index in [1.165, 1.54) is 18.6 Å². The Balaban J connectivity index is 0.00000109. The van der Waals surface area contributed by atoms with E-state index in [1.54, 1.807) is 24.4 Å². The Morgan fingerprint density at radius 2 is 1.96 bits per heavy atom. The van der Waals surface area contributed by atoms with Crippen molar-refractivity contribution in [3.05, 3.63) is 64.2 Å². The van der Waals surface area contributed by atoms with Gasteiger partial charge in [0.15, 0.2) is 5.65 Å². The van der Waals surface area contributed by atoms with Gasteiger partial charge in [-0.25, -0.2) is 15.0 Å². The number of fused-ring (bicyclic) bond motifs is 1. The monoisotopic (exact) mass is 458 g/mol. The molecule has 9 heteroatoms. The van der Waals surface area contributed by atoms with Crippen LogP contribution in [0.5, 0.6) is 0 Å². The summed E-state index contributed by atoms with van der Waals surface area (Å²) in [5.41, 5.74) is 2.79. The van der Waals surface area contributed by atoms with Crippen LogP contribution >= 0.6 is 27.5 Å². The fourth-order valence-corrected chi connectivity index (χ4v) is 2.94. The van der Waals surface area contributed by atoms with Crippen LogP contribution < -0.4 is 5.32 Å². The minimum atomic E-state index is -0.360. The number of hydrogen-bond acceptors (Lipinski definition) is 5. The smallest absolute Gasteiger partial charge is 0.275 e. The Bertz CT molecular complexity index is 1120. The maximum atomic E-state index is 12.2. The second-order valence-corrected chi connectivity index (χ2v) is 6.67. The van der Waals surface area contributed by atoms with Gasteiger partial charge in [-0.3, -0.25) is 9.78 Å². The van der Waals surface area contributed by atoms with Gasteiger partial charge in [0.05, 0.1) is 16.7 Å². The van der Waals surface area contributed by atoms with Crippen LogP contribution in [0.15, 0.2) is 53.5 Å². The van der Waals surface area contributed by atoms with Crippen molar-refractivity contribution in [3.63, 3.8) is 0 Å². The van der Waals surface area contributed by atoms with Crippen molar-refractivity contribution in [3.8, 4) is 11.4 Å². The topological polar surface area (TPSA) is 96.5 Å². The van der Waals surface area contributed by atoms with E-state index in [0.29, 0.717) is 27.7 Å². The first-order valence-electron chi connectivity index (χ1n) is 8.49. The highest BCUT2D eigenvalue weighted by atomic mass is 79.9. The quantitative estimate of drug-likeness (QED) is 0.444. The largest absolute Gasteiger partial charge is 0.336 e. The molecule has 0 aliphatic heterocycles. The highest BCUT2D eigenvalue weighted by molar-refractivity contribution is 9.10. The van der Waals surface area contributed by atoms with Gasteiger partial charge in [0.2, 0.25) is 0 Å². The first-order valence-corrected chi connectivity index (χ1v) is 9.66. The molecule has 0 spiro atoms. The Kier molecular flexibility index (Phi) is 6.33. The average molecular weight is 460 g/mol. The molecule has 0 bridgehead atoms. The zero-order valence-corrected chi connectivity index (χ0v) is 17.4. The Morgan fingerprint density at radius 1 is 1.14 bits per heavy atom. The number of H-pyrrole nitrogens is 1. The third-order valence-electron chi connectivity index (χ3n) is 3.58. The van der Waals surface area contributed by atoms with Crippen LogP contribution in [0.3, 0.4) is 0 Å². The van der Waals surface area contributed by atoms with Crippen LogP contribution in [0.2, 0.25) is 5.02 Å². The standard InChI is InChI=1S/C17H10BrClN6O.C2H6/c18-9-5-13-16(22-7-9)25-15(24-13)11-6-10(1-2-12(11)19)23-17(26)14-8-20-3-4-21-14;1-2/h1-8H,(H,23,26)(H,22,24,25);1-2H3. The number of carbonyl (C=O) groups excluding carboxylic acids is 1. The minimum Gasteiger partial charge on any atom is -0.336 e. The van der Waals surface area contributed by atoms with Crippen molar-refractivity contribution < 1.29 is 4.79 Å². The van der Waals surface area contributed by atoms with E-state index < -0.39 is 0 Å². The van der Waals surface area contributed by atoms with Gasteiger partial charge >= 0.3 is 0 Å². The van der Waals surface area contributed by atoms with Crippen molar-refractivity contribution in [1.82, 2.24) is 24.9 Å². The summed E-state index contributed by atoms with van der Waals surface area (Å²) in [6.45, 7) is 4.00. The lowest BCUT2D eigenvalue weighted by Crippen LogP contribution is -2.13. The van der Waals surface area contributed by atoms with Gasteiger partial charge in [0.1, 0.15) is 11.5 Å². The molecular formula is C19H16BrClN6O. The zero-order chi connectivity index (χ0) is 20.1. The maximum absolute atomic E-state index is 12.2. The number of amides is 1. The number of nitrogens with one attached hydrogen (secondary N) is 2. The molecule has 0 radical (unpaired) electrons. The molecule has 4 aromatic rings. The lowest BCUT2D eigenvalue weighted by Gasteiger charge is -2.07. The number of carbonyl (C=O) groups is 1. The molecule has 142 valence electrons. The summed E-state index contributed by atoms with van der Waals surface area (Å²) in [6, 6.07) is 7.02. The van der Waals surface area contributed by atoms with Crippen molar-refractivity contribution in [2.45, 2.75) is 13.8 Å². The molecule has 0 atom stereocenters. The normalized spacial score (nSPS) is 10.3. The Labute approximate surface area is 174 Å². The summed E-state index contributed by atoms with van der Waals surface area (Å²) < 4.78 is 0.844. The fourth-order valence-electron chi connectivity index (χ4n) is 2.40. The van der Waals surface area contributed by atoms with Crippen LogP contribution in [0.25, 0.3) is 22.6 Å². The summed E-state index contributed by atoms with van der Waals surface area (Å²) in [6.07, 6.45) is 6.04. The van der Waals surface area contributed by atoms with E-state index in [9.17, 15) is 4.79 Å². The number of pyridine rings is 1. The lowest BCUT2D eigenvalue weighted by atomic mass is 10.2. The number of aromatic nitrogens is 5. The molecule has 0 saturated heterocycles. The minimum absolute atomic E-state index is 0.224. The number of halogens is 2. The van der Waals surface area contributed by atoms with E-state index in [4.69, 9.17) is 11.6 Å². The van der Waals surface area contributed by atoms with Gasteiger partial charge in [-0.2, -0.15) is 0 Å².